The first-order chi connectivity index (χ1) is 9.33. The number of ether oxygens (including phenoxy) is 1. The number of amides is 1. The molecule has 20 heavy (non-hydrogen) atoms. The predicted molar refractivity (Wildman–Crippen MR) is 76.9 cm³/mol. The van der Waals surface area contributed by atoms with Crippen molar-refractivity contribution in [1.29, 1.82) is 0 Å². The average molecular weight is 275 g/mol. The molecule has 0 radical (unpaired) electrons. The van der Waals surface area contributed by atoms with Gasteiger partial charge in [-0.05, 0) is 45.2 Å². The lowest BCUT2D eigenvalue weighted by Gasteiger charge is -2.36. The number of rotatable bonds is 1. The Labute approximate surface area is 119 Å². The SMILES string of the molecule is C[C@H]1c2cccc(C=O)c2CCN1C(=O)OC(C)(C)C. The van der Waals surface area contributed by atoms with Crippen molar-refractivity contribution in [2.75, 3.05) is 6.54 Å². The average Bonchev–Trinajstić information content (AvgIpc) is 2.36. The van der Waals surface area contributed by atoms with Crippen LogP contribution in [-0.4, -0.2) is 29.4 Å². The Hall–Kier alpha value is -1.84. The molecule has 0 unspecified atom stereocenters. The first-order valence-corrected chi connectivity index (χ1v) is 6.90. The molecule has 1 aliphatic heterocycles. The molecule has 0 fully saturated rings. The molecule has 1 aliphatic rings. The maximum atomic E-state index is 12.2. The zero-order valence-corrected chi connectivity index (χ0v) is 12.5. The maximum absolute atomic E-state index is 12.2. The van der Waals surface area contributed by atoms with Gasteiger partial charge in [-0.1, -0.05) is 18.2 Å². The van der Waals surface area contributed by atoms with Crippen molar-refractivity contribution in [3.63, 3.8) is 0 Å². The topological polar surface area (TPSA) is 46.6 Å². The molecular weight excluding hydrogens is 254 g/mol. The largest absolute Gasteiger partial charge is 0.444 e. The summed E-state index contributed by atoms with van der Waals surface area (Å²) in [6.45, 7) is 8.12. The summed E-state index contributed by atoms with van der Waals surface area (Å²) in [6, 6.07) is 5.58. The van der Waals surface area contributed by atoms with Crippen LogP contribution in [0.3, 0.4) is 0 Å². The van der Waals surface area contributed by atoms with Crippen LogP contribution in [0, 0.1) is 0 Å². The standard InChI is InChI=1S/C16H21NO3/c1-11-13-7-5-6-12(10-18)14(13)8-9-17(11)15(19)20-16(2,3)4/h5-7,10-11H,8-9H2,1-4H3/t11-/m0/s1. The molecule has 4 heteroatoms. The van der Waals surface area contributed by atoms with Gasteiger partial charge in [0.05, 0.1) is 6.04 Å². The fourth-order valence-corrected chi connectivity index (χ4v) is 2.58. The van der Waals surface area contributed by atoms with Crippen LogP contribution in [0.2, 0.25) is 0 Å². The van der Waals surface area contributed by atoms with Crippen molar-refractivity contribution in [2.24, 2.45) is 0 Å². The molecule has 108 valence electrons. The number of aldehydes is 1. The summed E-state index contributed by atoms with van der Waals surface area (Å²) >= 11 is 0. The van der Waals surface area contributed by atoms with E-state index in [1.165, 1.54) is 0 Å². The zero-order chi connectivity index (χ0) is 14.9. The molecule has 0 N–H and O–H groups in total. The van der Waals surface area contributed by atoms with E-state index in [1.807, 2.05) is 45.9 Å². The van der Waals surface area contributed by atoms with E-state index in [4.69, 9.17) is 4.74 Å². The van der Waals surface area contributed by atoms with Gasteiger partial charge in [0, 0.05) is 12.1 Å². The Kier molecular flexibility index (Phi) is 3.84. The molecule has 1 aromatic carbocycles. The summed E-state index contributed by atoms with van der Waals surface area (Å²) < 4.78 is 5.44. The van der Waals surface area contributed by atoms with Crippen molar-refractivity contribution < 1.29 is 14.3 Å². The number of hydrogen-bond acceptors (Lipinski definition) is 3. The molecule has 0 bridgehead atoms. The van der Waals surface area contributed by atoms with Gasteiger partial charge >= 0.3 is 6.09 Å². The fourth-order valence-electron chi connectivity index (χ4n) is 2.58. The van der Waals surface area contributed by atoms with Crippen molar-refractivity contribution in [2.45, 2.75) is 45.8 Å². The second-order valence-electron chi connectivity index (χ2n) is 6.13. The van der Waals surface area contributed by atoms with Crippen molar-refractivity contribution in [3.8, 4) is 0 Å². The van der Waals surface area contributed by atoms with Gasteiger partial charge in [0.2, 0.25) is 0 Å². The molecular formula is C16H21NO3. The molecule has 0 saturated carbocycles. The first kappa shape index (κ1) is 14.6. The van der Waals surface area contributed by atoms with Gasteiger partial charge in [-0.25, -0.2) is 4.79 Å². The monoisotopic (exact) mass is 275 g/mol. The molecule has 0 saturated heterocycles. The summed E-state index contributed by atoms with van der Waals surface area (Å²) in [5.74, 6) is 0. The number of carbonyl (C=O) groups is 2. The van der Waals surface area contributed by atoms with Gasteiger partial charge in [-0.2, -0.15) is 0 Å². The van der Waals surface area contributed by atoms with Crippen molar-refractivity contribution in [3.05, 3.63) is 34.9 Å². The van der Waals surface area contributed by atoms with Gasteiger partial charge in [0.15, 0.2) is 0 Å². The van der Waals surface area contributed by atoms with E-state index < -0.39 is 5.60 Å². The third-order valence-electron chi connectivity index (χ3n) is 3.52. The van der Waals surface area contributed by atoms with Gasteiger partial charge in [0.25, 0.3) is 0 Å². The lowest BCUT2D eigenvalue weighted by molar-refractivity contribution is 0.0159. The minimum Gasteiger partial charge on any atom is -0.444 e. The Bertz CT molecular complexity index is 531. The second kappa shape index (κ2) is 5.27. The van der Waals surface area contributed by atoms with Crippen LogP contribution < -0.4 is 0 Å². The summed E-state index contributed by atoms with van der Waals surface area (Å²) in [5.41, 5.74) is 2.31. The zero-order valence-electron chi connectivity index (χ0n) is 12.5. The van der Waals surface area contributed by atoms with E-state index in [-0.39, 0.29) is 12.1 Å². The smallest absolute Gasteiger partial charge is 0.410 e. The third kappa shape index (κ3) is 2.84. The molecule has 1 aromatic rings. The van der Waals surface area contributed by atoms with Crippen LogP contribution in [0.25, 0.3) is 0 Å². The predicted octanol–water partition coefficient (Wildman–Crippen LogP) is 3.35. The number of nitrogens with zero attached hydrogens (tertiary/aromatic N) is 1. The second-order valence-corrected chi connectivity index (χ2v) is 6.13. The van der Waals surface area contributed by atoms with E-state index in [2.05, 4.69) is 0 Å². The Balaban J connectivity index is 2.26. The third-order valence-corrected chi connectivity index (χ3v) is 3.52. The Morgan fingerprint density at radius 2 is 2.10 bits per heavy atom. The first-order valence-electron chi connectivity index (χ1n) is 6.90. The quantitative estimate of drug-likeness (QED) is 0.738. The number of carbonyl (C=O) groups excluding carboxylic acids is 2. The highest BCUT2D eigenvalue weighted by molar-refractivity contribution is 5.79. The molecule has 2 rings (SSSR count). The minimum atomic E-state index is -0.498. The number of hydrogen-bond donors (Lipinski definition) is 0. The van der Waals surface area contributed by atoms with E-state index in [1.54, 1.807) is 4.90 Å². The molecule has 1 amide bonds. The molecule has 0 aliphatic carbocycles. The normalized spacial score (nSPS) is 18.4. The van der Waals surface area contributed by atoms with Crippen LogP contribution in [0.15, 0.2) is 18.2 Å². The van der Waals surface area contributed by atoms with E-state index in [0.717, 1.165) is 23.0 Å². The summed E-state index contributed by atoms with van der Waals surface area (Å²) in [6.07, 6.45) is 1.27. The summed E-state index contributed by atoms with van der Waals surface area (Å²) in [4.78, 5) is 25.0. The van der Waals surface area contributed by atoms with Crippen molar-refractivity contribution >= 4 is 12.4 Å². The van der Waals surface area contributed by atoms with Crippen LogP contribution in [-0.2, 0) is 11.2 Å². The molecule has 0 aromatic heterocycles. The highest BCUT2D eigenvalue weighted by atomic mass is 16.6. The highest BCUT2D eigenvalue weighted by Crippen LogP contribution is 2.31. The Morgan fingerprint density at radius 1 is 1.40 bits per heavy atom. The van der Waals surface area contributed by atoms with Gasteiger partial charge in [-0.15, -0.1) is 0 Å². The minimum absolute atomic E-state index is 0.0755. The molecule has 1 heterocycles. The van der Waals surface area contributed by atoms with E-state index >= 15 is 0 Å². The molecule has 0 spiro atoms. The summed E-state index contributed by atoms with van der Waals surface area (Å²) in [5, 5.41) is 0. The number of benzene rings is 1. The molecule has 4 nitrogen and oxygen atoms in total. The van der Waals surface area contributed by atoms with Crippen LogP contribution in [0.4, 0.5) is 4.79 Å². The van der Waals surface area contributed by atoms with Crippen LogP contribution in [0.5, 0.6) is 0 Å². The van der Waals surface area contributed by atoms with E-state index in [9.17, 15) is 9.59 Å². The van der Waals surface area contributed by atoms with Gasteiger partial charge < -0.3 is 9.64 Å². The van der Waals surface area contributed by atoms with Gasteiger partial charge in [-0.3, -0.25) is 4.79 Å². The van der Waals surface area contributed by atoms with Crippen molar-refractivity contribution in [1.82, 2.24) is 4.90 Å². The van der Waals surface area contributed by atoms with Crippen LogP contribution in [0.1, 0.15) is 55.2 Å². The maximum Gasteiger partial charge on any atom is 0.410 e. The highest BCUT2D eigenvalue weighted by Gasteiger charge is 2.31. The summed E-state index contributed by atoms with van der Waals surface area (Å²) in [7, 11) is 0. The Morgan fingerprint density at radius 3 is 2.70 bits per heavy atom. The van der Waals surface area contributed by atoms with E-state index in [0.29, 0.717) is 13.0 Å². The molecule has 1 atom stereocenters. The number of fused-ring (bicyclic) bond motifs is 1. The van der Waals surface area contributed by atoms with Gasteiger partial charge in [0.1, 0.15) is 11.9 Å². The lowest BCUT2D eigenvalue weighted by atomic mass is 9.90. The lowest BCUT2D eigenvalue weighted by Crippen LogP contribution is -2.42. The van der Waals surface area contributed by atoms with Crippen LogP contribution >= 0.6 is 0 Å². The fraction of sp³-hybridized carbons (Fsp3) is 0.500.